The Morgan fingerprint density at radius 2 is 1.90 bits per heavy atom. The maximum Gasteiger partial charge on any atom is 0.220 e. The van der Waals surface area contributed by atoms with Gasteiger partial charge in [-0.15, -0.1) is 0 Å². The minimum absolute atomic E-state index is 0.0207. The number of ether oxygens (including phenoxy) is 4. The van der Waals surface area contributed by atoms with E-state index in [9.17, 15) is 20.1 Å². The van der Waals surface area contributed by atoms with Crippen LogP contribution < -0.4 is 33.2 Å². The van der Waals surface area contributed by atoms with E-state index in [0.29, 0.717) is 38.2 Å². The maximum absolute atomic E-state index is 12.6. The Morgan fingerprint density at radius 1 is 1.18 bits per heavy atom. The number of aliphatic hydroxyl groups is 4. The summed E-state index contributed by atoms with van der Waals surface area (Å²) in [4.78, 5) is 12.6. The van der Waals surface area contributed by atoms with Crippen LogP contribution >= 0.6 is 0 Å². The van der Waals surface area contributed by atoms with E-state index in [0.717, 1.165) is 0 Å². The first kappa shape index (κ1) is 33.0. The average molecular weight is 577 g/mol. The quantitative estimate of drug-likeness (QED) is 0.0931. The number of nitrogens with one attached hydrogen (secondary N) is 3. The summed E-state index contributed by atoms with van der Waals surface area (Å²) in [7, 11) is 1.60. The molecule has 2 fully saturated rings. The van der Waals surface area contributed by atoms with Crippen molar-refractivity contribution in [3.63, 3.8) is 0 Å². The molecule has 11 atom stereocenters. The van der Waals surface area contributed by atoms with E-state index in [-0.39, 0.29) is 32.0 Å². The van der Waals surface area contributed by atoms with Gasteiger partial charge in [0.2, 0.25) is 12.2 Å². The van der Waals surface area contributed by atoms with Gasteiger partial charge in [-0.3, -0.25) is 4.79 Å². The summed E-state index contributed by atoms with van der Waals surface area (Å²) in [6.45, 7) is 2.47. The van der Waals surface area contributed by atoms with Gasteiger partial charge in [0.25, 0.3) is 0 Å². The third-order valence-corrected chi connectivity index (χ3v) is 7.52. The highest BCUT2D eigenvalue weighted by molar-refractivity contribution is 5.76. The molecule has 0 radical (unpaired) electrons. The lowest BCUT2D eigenvalue weighted by Gasteiger charge is -2.48. The highest BCUT2D eigenvalue weighted by Gasteiger charge is 2.51. The van der Waals surface area contributed by atoms with Crippen molar-refractivity contribution in [1.29, 1.82) is 0 Å². The Kier molecular flexibility index (Phi) is 12.5. The topological polar surface area (TPSA) is 249 Å². The number of hydrogen-bond acceptors (Lipinski definition) is 14. The first-order valence-electron chi connectivity index (χ1n) is 13.9. The van der Waals surface area contributed by atoms with Gasteiger partial charge in [-0.25, -0.2) is 0 Å². The molecule has 0 spiro atoms. The fraction of sp³-hybridized carbons (Fsp3) is 0.880. The lowest BCUT2D eigenvalue weighted by atomic mass is 9.83. The standard InChI is InChI=1S/C25H48N6O9/c1-25(36)12-37-24(19(35)22(25)29-2)40-21-16(31-17(33)4-3-7-26)10-15(28)20(18(21)34)39-23-14(27)6-5-13(38-23)11-30-8-9-32/h5,14-16,18-24,29-30,32,34-36H,3-4,6-12,26-28H2,1-2H3,(H,31,33)/t14-,15?,16?,18?,19?,20?,21?,22?,23?,24?,25-/m0/s1. The molecule has 0 aromatic carbocycles. The Labute approximate surface area is 234 Å². The minimum Gasteiger partial charge on any atom is -0.467 e. The predicted octanol–water partition coefficient (Wildman–Crippen LogP) is -4.33. The van der Waals surface area contributed by atoms with E-state index in [1.165, 1.54) is 6.92 Å². The largest absolute Gasteiger partial charge is 0.467 e. The van der Waals surface area contributed by atoms with Gasteiger partial charge < -0.3 is 72.5 Å². The monoisotopic (exact) mass is 576 g/mol. The summed E-state index contributed by atoms with van der Waals surface area (Å²) in [5, 5.41) is 50.8. The van der Waals surface area contributed by atoms with Gasteiger partial charge in [-0.2, -0.15) is 0 Å². The molecule has 13 N–H and O–H groups in total. The maximum atomic E-state index is 12.6. The number of carbonyl (C=O) groups is 1. The highest BCUT2D eigenvalue weighted by atomic mass is 16.7. The van der Waals surface area contributed by atoms with E-state index in [1.54, 1.807) is 7.05 Å². The van der Waals surface area contributed by atoms with E-state index < -0.39 is 66.8 Å². The fourth-order valence-corrected chi connectivity index (χ4v) is 5.35. The molecule has 232 valence electrons. The van der Waals surface area contributed by atoms with Crippen LogP contribution in [0.5, 0.6) is 0 Å². The third kappa shape index (κ3) is 8.30. The normalized spacial score (nSPS) is 40.3. The molecule has 0 aromatic heterocycles. The molecule has 15 nitrogen and oxygen atoms in total. The first-order chi connectivity index (χ1) is 19.0. The molecule has 9 unspecified atom stereocenters. The molecule has 0 bridgehead atoms. The van der Waals surface area contributed by atoms with Gasteiger partial charge in [-0.1, -0.05) is 0 Å². The molecule has 1 aliphatic carbocycles. The summed E-state index contributed by atoms with van der Waals surface area (Å²) in [6, 6.07) is -2.77. The van der Waals surface area contributed by atoms with Crippen molar-refractivity contribution in [3.05, 3.63) is 11.8 Å². The molecular weight excluding hydrogens is 528 g/mol. The van der Waals surface area contributed by atoms with Crippen LogP contribution in [-0.4, -0.2) is 133 Å². The Balaban J connectivity index is 1.76. The number of aliphatic hydroxyl groups excluding tert-OH is 3. The minimum atomic E-state index is -1.37. The third-order valence-electron chi connectivity index (χ3n) is 7.52. The zero-order valence-electron chi connectivity index (χ0n) is 23.3. The van der Waals surface area contributed by atoms with Gasteiger partial charge in [0, 0.05) is 19.0 Å². The predicted molar refractivity (Wildman–Crippen MR) is 143 cm³/mol. The van der Waals surface area contributed by atoms with E-state index >= 15 is 0 Å². The van der Waals surface area contributed by atoms with Gasteiger partial charge in [0.15, 0.2) is 6.29 Å². The molecule has 2 heterocycles. The van der Waals surface area contributed by atoms with Crippen LogP contribution in [0.4, 0.5) is 0 Å². The van der Waals surface area contributed by atoms with Crippen molar-refractivity contribution < 1.29 is 44.2 Å². The van der Waals surface area contributed by atoms with Gasteiger partial charge in [-0.05, 0) is 45.9 Å². The number of carbonyl (C=O) groups excluding carboxylic acids is 1. The summed E-state index contributed by atoms with van der Waals surface area (Å²) in [6.07, 6.45) is -3.75. The van der Waals surface area contributed by atoms with Gasteiger partial charge in [0.1, 0.15) is 35.8 Å². The summed E-state index contributed by atoms with van der Waals surface area (Å²) in [5.41, 5.74) is 16.9. The van der Waals surface area contributed by atoms with Crippen LogP contribution in [0.3, 0.4) is 0 Å². The zero-order valence-corrected chi connectivity index (χ0v) is 23.3. The van der Waals surface area contributed by atoms with Crippen molar-refractivity contribution >= 4 is 5.91 Å². The molecule has 3 rings (SSSR count). The van der Waals surface area contributed by atoms with E-state index in [2.05, 4.69) is 16.0 Å². The number of amides is 1. The smallest absolute Gasteiger partial charge is 0.220 e. The Morgan fingerprint density at radius 3 is 2.58 bits per heavy atom. The summed E-state index contributed by atoms with van der Waals surface area (Å²) in [5.74, 6) is 0.299. The van der Waals surface area contributed by atoms with Crippen molar-refractivity contribution in [2.75, 3.05) is 39.9 Å². The first-order valence-corrected chi connectivity index (χ1v) is 13.9. The van der Waals surface area contributed by atoms with Crippen molar-refractivity contribution in [3.8, 4) is 0 Å². The van der Waals surface area contributed by atoms with Crippen LogP contribution in [0.1, 0.15) is 32.6 Å². The number of nitrogens with two attached hydrogens (primary N) is 3. The molecule has 0 aromatic rings. The second-order valence-corrected chi connectivity index (χ2v) is 10.9. The molecule has 1 saturated carbocycles. The fourth-order valence-electron chi connectivity index (χ4n) is 5.35. The molecular formula is C25H48N6O9. The molecule has 1 amide bonds. The Hall–Kier alpha value is -1.47. The molecule has 40 heavy (non-hydrogen) atoms. The van der Waals surface area contributed by atoms with Crippen LogP contribution in [0.25, 0.3) is 0 Å². The van der Waals surface area contributed by atoms with Crippen LogP contribution in [0.2, 0.25) is 0 Å². The van der Waals surface area contributed by atoms with E-state index in [1.807, 2.05) is 6.08 Å². The zero-order chi connectivity index (χ0) is 29.4. The lowest BCUT2D eigenvalue weighted by molar-refractivity contribution is -0.304. The van der Waals surface area contributed by atoms with Crippen molar-refractivity contribution in [2.24, 2.45) is 17.2 Å². The molecule has 1 saturated heterocycles. The SMILES string of the molecule is CNC1C(O)C(OC2C(NC(=O)CCCN)CC(N)C(OC3OC(CNCCO)=CC[C@@H]3N)C2O)OC[C@]1(C)O. The van der Waals surface area contributed by atoms with E-state index in [4.69, 9.17) is 41.3 Å². The second kappa shape index (κ2) is 15.1. The van der Waals surface area contributed by atoms with Crippen LogP contribution in [-0.2, 0) is 23.7 Å². The number of rotatable bonds is 13. The Bertz CT molecular complexity index is 837. The summed E-state index contributed by atoms with van der Waals surface area (Å²) >= 11 is 0. The van der Waals surface area contributed by atoms with Crippen molar-refractivity contribution in [2.45, 2.75) is 99.4 Å². The number of hydrogen-bond donors (Lipinski definition) is 10. The average Bonchev–Trinajstić information content (AvgIpc) is 2.90. The van der Waals surface area contributed by atoms with Crippen LogP contribution in [0, 0.1) is 0 Å². The van der Waals surface area contributed by atoms with Crippen molar-refractivity contribution in [1.82, 2.24) is 16.0 Å². The second-order valence-electron chi connectivity index (χ2n) is 10.9. The molecule has 15 heteroatoms. The van der Waals surface area contributed by atoms with Gasteiger partial charge in [0.05, 0.1) is 37.9 Å². The number of likely N-dealkylation sites (N-methyl/N-ethyl adjacent to an activating group) is 1. The lowest BCUT2D eigenvalue weighted by Crippen LogP contribution is -2.69. The van der Waals surface area contributed by atoms with Gasteiger partial charge >= 0.3 is 0 Å². The summed E-state index contributed by atoms with van der Waals surface area (Å²) < 4.78 is 23.8. The molecule has 3 aliphatic rings. The van der Waals surface area contributed by atoms with Crippen LogP contribution in [0.15, 0.2) is 11.8 Å². The highest BCUT2D eigenvalue weighted by Crippen LogP contribution is 2.32. The molecule has 2 aliphatic heterocycles.